The minimum atomic E-state index is -0.171. The number of thiophene rings is 1. The zero-order valence-corrected chi connectivity index (χ0v) is 8.83. The highest BCUT2D eigenvalue weighted by Gasteiger charge is 2.10. The van der Waals surface area contributed by atoms with Crippen LogP contribution in [0.25, 0.3) is 0 Å². The molecule has 4 heteroatoms. The van der Waals surface area contributed by atoms with Crippen LogP contribution in [-0.4, -0.2) is 13.0 Å². The van der Waals surface area contributed by atoms with Gasteiger partial charge in [0.25, 0.3) is 5.91 Å². The Kier molecular flexibility index (Phi) is 3.45. The predicted molar refractivity (Wildman–Crippen MR) is 52.9 cm³/mol. The molecule has 0 saturated carbocycles. The predicted octanol–water partition coefficient (Wildman–Crippen LogP) is 1.91. The number of aryl methyl sites for hydroxylation is 2. The fourth-order valence-corrected chi connectivity index (χ4v) is 2.13. The molecule has 0 radical (unpaired) electrons. The first-order valence-corrected chi connectivity index (χ1v) is 4.93. The van der Waals surface area contributed by atoms with Crippen LogP contribution in [0.3, 0.4) is 0 Å². The largest absolute Gasteiger partial charge is 0.284 e. The smallest absolute Gasteiger partial charge is 0.277 e. The van der Waals surface area contributed by atoms with Crippen LogP contribution in [0, 0.1) is 6.92 Å². The molecule has 3 nitrogen and oxygen atoms in total. The van der Waals surface area contributed by atoms with Gasteiger partial charge in [-0.25, -0.2) is 5.48 Å². The van der Waals surface area contributed by atoms with Crippen LogP contribution in [0.15, 0.2) is 6.07 Å². The summed E-state index contributed by atoms with van der Waals surface area (Å²) >= 11 is 1.52. The quantitative estimate of drug-likeness (QED) is 0.755. The SMILES string of the molecule is CCc1sc(C(=O)NOC)cc1C. The summed E-state index contributed by atoms with van der Waals surface area (Å²) in [6, 6.07) is 1.89. The molecule has 13 heavy (non-hydrogen) atoms. The minimum absolute atomic E-state index is 0.171. The third-order valence-electron chi connectivity index (χ3n) is 1.76. The Balaban J connectivity index is 2.84. The lowest BCUT2D eigenvalue weighted by atomic mass is 10.2. The summed E-state index contributed by atoms with van der Waals surface area (Å²) in [5, 5.41) is 0. The van der Waals surface area contributed by atoms with E-state index in [2.05, 4.69) is 17.2 Å². The molecule has 1 amide bonds. The zero-order chi connectivity index (χ0) is 9.84. The number of carbonyl (C=O) groups is 1. The molecule has 0 bridgehead atoms. The van der Waals surface area contributed by atoms with Crippen molar-refractivity contribution in [1.82, 2.24) is 5.48 Å². The Bertz CT molecular complexity index is 307. The molecule has 1 N–H and O–H groups in total. The summed E-state index contributed by atoms with van der Waals surface area (Å²) in [6.07, 6.45) is 0.969. The average molecular weight is 199 g/mol. The Morgan fingerprint density at radius 3 is 2.85 bits per heavy atom. The van der Waals surface area contributed by atoms with Crippen LogP contribution in [0.1, 0.15) is 27.0 Å². The molecular formula is C9H13NO2S. The lowest BCUT2D eigenvalue weighted by Gasteiger charge is -1.96. The Labute approximate surface area is 81.7 Å². The van der Waals surface area contributed by atoms with Gasteiger partial charge in [0.2, 0.25) is 0 Å². The van der Waals surface area contributed by atoms with Gasteiger partial charge in [0, 0.05) is 4.88 Å². The van der Waals surface area contributed by atoms with Crippen LogP contribution in [0.2, 0.25) is 0 Å². The molecule has 0 aromatic carbocycles. The van der Waals surface area contributed by atoms with Gasteiger partial charge in [-0.3, -0.25) is 9.63 Å². The van der Waals surface area contributed by atoms with Gasteiger partial charge in [-0.2, -0.15) is 0 Å². The van der Waals surface area contributed by atoms with E-state index in [1.807, 2.05) is 13.0 Å². The standard InChI is InChI=1S/C9H13NO2S/c1-4-7-6(2)5-8(13-7)9(11)10-12-3/h5H,4H2,1-3H3,(H,10,11). The van der Waals surface area contributed by atoms with E-state index in [1.165, 1.54) is 28.9 Å². The van der Waals surface area contributed by atoms with Crippen LogP contribution >= 0.6 is 11.3 Å². The van der Waals surface area contributed by atoms with Crippen molar-refractivity contribution in [2.24, 2.45) is 0 Å². The van der Waals surface area contributed by atoms with Crippen molar-refractivity contribution in [3.8, 4) is 0 Å². The number of nitrogens with one attached hydrogen (secondary N) is 1. The van der Waals surface area contributed by atoms with Gasteiger partial charge >= 0.3 is 0 Å². The molecule has 0 atom stereocenters. The average Bonchev–Trinajstić information content (AvgIpc) is 2.47. The molecular weight excluding hydrogens is 186 g/mol. The summed E-state index contributed by atoms with van der Waals surface area (Å²) in [7, 11) is 1.43. The third-order valence-corrected chi connectivity index (χ3v) is 3.14. The van der Waals surface area contributed by atoms with E-state index in [0.29, 0.717) is 4.88 Å². The minimum Gasteiger partial charge on any atom is -0.277 e. The van der Waals surface area contributed by atoms with Gasteiger partial charge in [0.05, 0.1) is 12.0 Å². The number of carbonyl (C=O) groups excluding carboxylic acids is 1. The molecule has 0 fully saturated rings. The van der Waals surface area contributed by atoms with Crippen LogP contribution in [0.4, 0.5) is 0 Å². The maximum Gasteiger partial charge on any atom is 0.284 e. The van der Waals surface area contributed by atoms with Crippen molar-refractivity contribution in [1.29, 1.82) is 0 Å². The summed E-state index contributed by atoms with van der Waals surface area (Å²) in [6.45, 7) is 4.09. The van der Waals surface area contributed by atoms with E-state index in [1.54, 1.807) is 0 Å². The Morgan fingerprint density at radius 2 is 2.38 bits per heavy atom. The second kappa shape index (κ2) is 4.39. The molecule has 0 aliphatic carbocycles. The van der Waals surface area contributed by atoms with Gasteiger partial charge in [-0.05, 0) is 25.0 Å². The summed E-state index contributed by atoms with van der Waals surface area (Å²) in [5.74, 6) is -0.171. The van der Waals surface area contributed by atoms with Crippen molar-refractivity contribution in [2.45, 2.75) is 20.3 Å². The van der Waals surface area contributed by atoms with E-state index < -0.39 is 0 Å². The number of rotatable bonds is 3. The lowest BCUT2D eigenvalue weighted by Crippen LogP contribution is -2.20. The van der Waals surface area contributed by atoms with Crippen molar-refractivity contribution < 1.29 is 9.63 Å². The monoisotopic (exact) mass is 199 g/mol. The van der Waals surface area contributed by atoms with Crippen molar-refractivity contribution in [3.05, 3.63) is 21.4 Å². The maximum atomic E-state index is 11.3. The normalized spacial score (nSPS) is 10.1. The van der Waals surface area contributed by atoms with E-state index in [-0.39, 0.29) is 5.91 Å². The molecule has 0 unspecified atom stereocenters. The van der Waals surface area contributed by atoms with E-state index in [9.17, 15) is 4.79 Å². The number of amides is 1. The van der Waals surface area contributed by atoms with Gasteiger partial charge in [0.15, 0.2) is 0 Å². The van der Waals surface area contributed by atoms with Gasteiger partial charge in [0.1, 0.15) is 0 Å². The second-order valence-corrected chi connectivity index (χ2v) is 3.84. The summed E-state index contributed by atoms with van der Waals surface area (Å²) in [4.78, 5) is 17.8. The van der Waals surface area contributed by atoms with E-state index >= 15 is 0 Å². The molecule has 1 aromatic rings. The van der Waals surface area contributed by atoms with Gasteiger partial charge < -0.3 is 0 Å². The topological polar surface area (TPSA) is 38.3 Å². The molecule has 0 spiro atoms. The van der Waals surface area contributed by atoms with E-state index in [0.717, 1.165) is 6.42 Å². The molecule has 0 saturated heterocycles. The highest BCUT2D eigenvalue weighted by atomic mass is 32.1. The van der Waals surface area contributed by atoms with Crippen LogP contribution in [0.5, 0.6) is 0 Å². The van der Waals surface area contributed by atoms with Crippen molar-refractivity contribution in [3.63, 3.8) is 0 Å². The highest BCUT2D eigenvalue weighted by Crippen LogP contribution is 2.21. The van der Waals surface area contributed by atoms with Crippen molar-refractivity contribution in [2.75, 3.05) is 7.11 Å². The van der Waals surface area contributed by atoms with Crippen LogP contribution in [-0.2, 0) is 11.3 Å². The first kappa shape index (κ1) is 10.2. The summed E-state index contributed by atoms with van der Waals surface area (Å²) in [5.41, 5.74) is 3.47. The summed E-state index contributed by atoms with van der Waals surface area (Å²) < 4.78 is 0. The maximum absolute atomic E-state index is 11.3. The van der Waals surface area contributed by atoms with Gasteiger partial charge in [-0.1, -0.05) is 6.92 Å². The lowest BCUT2D eigenvalue weighted by molar-refractivity contribution is 0.0542. The number of hydrogen-bond acceptors (Lipinski definition) is 3. The third kappa shape index (κ3) is 2.29. The molecule has 0 aliphatic heterocycles. The van der Waals surface area contributed by atoms with E-state index in [4.69, 9.17) is 0 Å². The molecule has 72 valence electrons. The molecule has 1 rings (SSSR count). The fourth-order valence-electron chi connectivity index (χ4n) is 1.13. The first-order chi connectivity index (χ1) is 6.19. The highest BCUT2D eigenvalue weighted by molar-refractivity contribution is 7.14. The number of hydrogen-bond donors (Lipinski definition) is 1. The second-order valence-electron chi connectivity index (χ2n) is 2.71. The van der Waals surface area contributed by atoms with Crippen LogP contribution < -0.4 is 5.48 Å². The molecule has 1 aromatic heterocycles. The molecule has 1 heterocycles. The van der Waals surface area contributed by atoms with Gasteiger partial charge in [-0.15, -0.1) is 11.3 Å². The zero-order valence-electron chi connectivity index (χ0n) is 8.01. The molecule has 0 aliphatic rings. The van der Waals surface area contributed by atoms with Crippen molar-refractivity contribution >= 4 is 17.2 Å². The fraction of sp³-hybridized carbons (Fsp3) is 0.444. The Hall–Kier alpha value is -0.870. The first-order valence-electron chi connectivity index (χ1n) is 4.11. The number of hydroxylamine groups is 1. The Morgan fingerprint density at radius 1 is 1.69 bits per heavy atom.